The zero-order valence-corrected chi connectivity index (χ0v) is 14.3. The lowest BCUT2D eigenvalue weighted by Crippen LogP contribution is -2.14. The Bertz CT molecular complexity index is 1000. The molecule has 0 aliphatic rings. The van der Waals surface area contributed by atoms with E-state index in [1.54, 1.807) is 29.1 Å². The van der Waals surface area contributed by atoms with E-state index < -0.39 is 15.8 Å². The number of aryl methyl sites for hydroxylation is 1. The number of anilines is 1. The lowest BCUT2D eigenvalue weighted by molar-refractivity contribution is 0.401. The number of pyridine rings is 1. The molecule has 1 N–H and O–H groups in total. The first-order valence-electron chi connectivity index (χ1n) is 7.23. The predicted molar refractivity (Wildman–Crippen MR) is 89.9 cm³/mol. The number of benzene rings is 1. The summed E-state index contributed by atoms with van der Waals surface area (Å²) in [5, 5.41) is 0. The summed E-state index contributed by atoms with van der Waals surface area (Å²) in [6.07, 6.45) is 4.76. The average molecular weight is 362 g/mol. The van der Waals surface area contributed by atoms with Crippen LogP contribution in [0, 0.1) is 12.7 Å². The summed E-state index contributed by atoms with van der Waals surface area (Å²) in [5.41, 5.74) is 0.243. The first kappa shape index (κ1) is 16.9. The second kappa shape index (κ2) is 6.52. The van der Waals surface area contributed by atoms with E-state index in [1.807, 2.05) is 6.92 Å². The van der Waals surface area contributed by atoms with E-state index in [4.69, 9.17) is 4.74 Å². The topological polar surface area (TPSA) is 86.1 Å². The average Bonchev–Trinajstić information content (AvgIpc) is 3.01. The minimum atomic E-state index is -4.03. The molecular formula is C16H15FN4O3S. The number of aromatic nitrogens is 3. The van der Waals surface area contributed by atoms with Crippen molar-refractivity contribution in [2.24, 2.45) is 0 Å². The van der Waals surface area contributed by atoms with Crippen molar-refractivity contribution in [3.8, 4) is 11.6 Å². The Labute approximate surface area is 144 Å². The molecule has 0 saturated heterocycles. The Morgan fingerprint density at radius 3 is 2.60 bits per heavy atom. The second-order valence-corrected chi connectivity index (χ2v) is 6.80. The van der Waals surface area contributed by atoms with Crippen LogP contribution in [0.5, 0.6) is 5.75 Å². The summed E-state index contributed by atoms with van der Waals surface area (Å²) in [6.45, 7) is 1.83. The van der Waals surface area contributed by atoms with Gasteiger partial charge in [-0.15, -0.1) is 0 Å². The van der Waals surface area contributed by atoms with Gasteiger partial charge in [0.25, 0.3) is 10.0 Å². The molecule has 2 aromatic heterocycles. The lowest BCUT2D eigenvalue weighted by Gasteiger charge is -2.12. The fraction of sp³-hybridized carbons (Fsp3) is 0.125. The van der Waals surface area contributed by atoms with Crippen LogP contribution in [0.15, 0.2) is 53.8 Å². The first-order valence-corrected chi connectivity index (χ1v) is 8.72. The van der Waals surface area contributed by atoms with Gasteiger partial charge in [-0.3, -0.25) is 9.29 Å². The zero-order valence-electron chi connectivity index (χ0n) is 13.5. The number of nitrogens with zero attached hydrogens (tertiary/aromatic N) is 3. The fourth-order valence-corrected chi connectivity index (χ4v) is 3.50. The second-order valence-electron chi connectivity index (χ2n) is 5.15. The molecule has 25 heavy (non-hydrogen) atoms. The van der Waals surface area contributed by atoms with Gasteiger partial charge in [-0.2, -0.15) is 0 Å². The summed E-state index contributed by atoms with van der Waals surface area (Å²) in [7, 11) is -2.71. The first-order chi connectivity index (χ1) is 11.9. The Balaban J connectivity index is 1.89. The molecule has 130 valence electrons. The van der Waals surface area contributed by atoms with Crippen LogP contribution in [0.3, 0.4) is 0 Å². The van der Waals surface area contributed by atoms with Crippen LogP contribution in [0.1, 0.15) is 5.82 Å². The molecule has 1 aromatic carbocycles. The van der Waals surface area contributed by atoms with Crippen LogP contribution in [0.25, 0.3) is 5.82 Å². The standard InChI is InChI=1S/C16H15FN4O3S/c1-11-18-7-8-21(11)16-6-4-13(10-19-16)20-25(22,23)15-9-12(17)3-5-14(15)24-2/h3-10,20H,1-2H3. The monoisotopic (exact) mass is 362 g/mol. The minimum Gasteiger partial charge on any atom is -0.495 e. The molecule has 0 radical (unpaired) electrons. The van der Waals surface area contributed by atoms with E-state index in [9.17, 15) is 12.8 Å². The van der Waals surface area contributed by atoms with Gasteiger partial charge in [0, 0.05) is 12.4 Å². The van der Waals surface area contributed by atoms with Crippen LogP contribution >= 0.6 is 0 Å². The Kier molecular flexibility index (Phi) is 4.41. The van der Waals surface area contributed by atoms with Crippen molar-refractivity contribution in [1.29, 1.82) is 0 Å². The van der Waals surface area contributed by atoms with Crippen molar-refractivity contribution in [3.05, 3.63) is 60.6 Å². The molecule has 7 nitrogen and oxygen atoms in total. The van der Waals surface area contributed by atoms with Gasteiger partial charge in [0.15, 0.2) is 0 Å². The molecule has 0 unspecified atom stereocenters. The molecule has 0 fully saturated rings. The SMILES string of the molecule is COc1ccc(F)cc1S(=O)(=O)Nc1ccc(-n2ccnc2C)nc1. The third-order valence-electron chi connectivity index (χ3n) is 3.49. The summed E-state index contributed by atoms with van der Waals surface area (Å²) in [4.78, 5) is 8.03. The number of hydrogen-bond donors (Lipinski definition) is 1. The highest BCUT2D eigenvalue weighted by atomic mass is 32.2. The lowest BCUT2D eigenvalue weighted by atomic mass is 10.3. The maximum Gasteiger partial charge on any atom is 0.265 e. The molecule has 3 rings (SSSR count). The zero-order chi connectivity index (χ0) is 18.0. The number of nitrogens with one attached hydrogen (secondary N) is 1. The van der Waals surface area contributed by atoms with E-state index >= 15 is 0 Å². The van der Waals surface area contributed by atoms with Gasteiger partial charge >= 0.3 is 0 Å². The normalized spacial score (nSPS) is 11.3. The van der Waals surface area contributed by atoms with Gasteiger partial charge in [0.05, 0.1) is 19.0 Å². The summed E-state index contributed by atoms with van der Waals surface area (Å²) >= 11 is 0. The maximum absolute atomic E-state index is 13.4. The molecule has 0 atom stereocenters. The van der Waals surface area contributed by atoms with Crippen molar-refractivity contribution in [3.63, 3.8) is 0 Å². The number of ether oxygens (including phenoxy) is 1. The highest BCUT2D eigenvalue weighted by Crippen LogP contribution is 2.26. The number of rotatable bonds is 5. The Morgan fingerprint density at radius 1 is 1.20 bits per heavy atom. The summed E-state index contributed by atoms with van der Waals surface area (Å²) in [5.74, 6) is 0.726. The third-order valence-corrected chi connectivity index (χ3v) is 4.89. The van der Waals surface area contributed by atoms with E-state index in [2.05, 4.69) is 14.7 Å². The van der Waals surface area contributed by atoms with Crippen LogP contribution in [-0.4, -0.2) is 30.1 Å². The molecule has 3 aromatic rings. The minimum absolute atomic E-state index is 0.0486. The maximum atomic E-state index is 13.4. The van der Waals surface area contributed by atoms with Crippen LogP contribution < -0.4 is 9.46 Å². The molecule has 0 aliphatic heterocycles. The highest BCUT2D eigenvalue weighted by molar-refractivity contribution is 7.92. The van der Waals surface area contributed by atoms with Gasteiger partial charge in [-0.25, -0.2) is 22.8 Å². The van der Waals surface area contributed by atoms with E-state index in [1.165, 1.54) is 19.4 Å². The quantitative estimate of drug-likeness (QED) is 0.754. The molecule has 2 heterocycles. The molecule has 0 bridgehead atoms. The largest absolute Gasteiger partial charge is 0.495 e. The molecule has 0 saturated carbocycles. The summed E-state index contributed by atoms with van der Waals surface area (Å²) < 4.78 is 47.5. The molecule has 0 aliphatic carbocycles. The van der Waals surface area contributed by atoms with Gasteiger partial charge in [-0.1, -0.05) is 0 Å². The number of methoxy groups -OCH3 is 1. The molecule has 9 heteroatoms. The third kappa shape index (κ3) is 3.45. The molecule has 0 amide bonds. The Hall–Kier alpha value is -2.94. The van der Waals surface area contributed by atoms with Crippen LogP contribution in [-0.2, 0) is 10.0 Å². The Morgan fingerprint density at radius 2 is 2.00 bits per heavy atom. The molecule has 0 spiro atoms. The van der Waals surface area contributed by atoms with Crippen molar-refractivity contribution >= 4 is 15.7 Å². The number of imidazole rings is 1. The number of sulfonamides is 1. The van der Waals surface area contributed by atoms with E-state index in [0.29, 0.717) is 5.82 Å². The summed E-state index contributed by atoms with van der Waals surface area (Å²) in [6, 6.07) is 6.49. The smallest absolute Gasteiger partial charge is 0.265 e. The van der Waals surface area contributed by atoms with Gasteiger partial charge in [0.2, 0.25) is 0 Å². The number of halogens is 1. The predicted octanol–water partition coefficient (Wildman–Crippen LogP) is 2.52. The molecular weight excluding hydrogens is 347 g/mol. The van der Waals surface area contributed by atoms with Gasteiger partial charge in [-0.05, 0) is 37.3 Å². The van der Waals surface area contributed by atoms with Gasteiger partial charge < -0.3 is 4.74 Å². The number of hydrogen-bond acceptors (Lipinski definition) is 5. The van der Waals surface area contributed by atoms with Crippen LogP contribution in [0.2, 0.25) is 0 Å². The van der Waals surface area contributed by atoms with Gasteiger partial charge in [0.1, 0.15) is 28.1 Å². The highest BCUT2D eigenvalue weighted by Gasteiger charge is 2.20. The van der Waals surface area contributed by atoms with E-state index in [0.717, 1.165) is 18.0 Å². The van der Waals surface area contributed by atoms with Crippen molar-refractivity contribution in [2.75, 3.05) is 11.8 Å². The fourth-order valence-electron chi connectivity index (χ4n) is 2.28. The van der Waals surface area contributed by atoms with Crippen LogP contribution in [0.4, 0.5) is 10.1 Å². The van der Waals surface area contributed by atoms with Crippen molar-refractivity contribution in [2.45, 2.75) is 11.8 Å². The van der Waals surface area contributed by atoms with Crippen molar-refractivity contribution < 1.29 is 17.5 Å². The van der Waals surface area contributed by atoms with E-state index in [-0.39, 0.29) is 16.3 Å². The van der Waals surface area contributed by atoms with Crippen molar-refractivity contribution in [1.82, 2.24) is 14.5 Å².